The maximum Gasteiger partial charge on any atom is 0.236 e. The second kappa shape index (κ2) is 4.42. The molecule has 0 bridgehead atoms. The molecule has 0 radical (unpaired) electrons. The van der Waals surface area contributed by atoms with Crippen molar-refractivity contribution in [3.8, 4) is 0 Å². The van der Waals surface area contributed by atoms with Crippen molar-refractivity contribution < 1.29 is 9.53 Å². The van der Waals surface area contributed by atoms with Crippen molar-refractivity contribution in [3.05, 3.63) is 0 Å². The number of nitrogens with zero attached hydrogens (tertiary/aromatic N) is 2. The minimum Gasteiger partial charge on any atom is -0.378 e. The zero-order valence-electron chi connectivity index (χ0n) is 7.75. The number of carbonyl (C=O) groups excluding carboxylic acids is 1. The third-order valence-corrected chi connectivity index (χ3v) is 1.82. The van der Waals surface area contributed by atoms with E-state index in [0.717, 1.165) is 13.1 Å². The predicted octanol–water partition coefficient (Wildman–Crippen LogP) is -0.593. The molecule has 1 fully saturated rings. The predicted molar refractivity (Wildman–Crippen MR) is 46.0 cm³/mol. The SMILES string of the molecule is CN(C)CC(=O)N1CCOCC1. The quantitative estimate of drug-likeness (QED) is 0.558. The fourth-order valence-electron chi connectivity index (χ4n) is 1.18. The molecule has 12 heavy (non-hydrogen) atoms. The highest BCUT2D eigenvalue weighted by Crippen LogP contribution is 1.97. The normalized spacial score (nSPS) is 18.4. The average molecular weight is 172 g/mol. The Balaban J connectivity index is 2.30. The number of morpholine rings is 1. The van der Waals surface area contributed by atoms with Crippen LogP contribution in [0.4, 0.5) is 0 Å². The molecular weight excluding hydrogens is 156 g/mol. The Morgan fingerprint density at radius 2 is 2.00 bits per heavy atom. The van der Waals surface area contributed by atoms with Gasteiger partial charge >= 0.3 is 0 Å². The molecule has 1 aliphatic heterocycles. The summed E-state index contributed by atoms with van der Waals surface area (Å²) in [7, 11) is 3.80. The van der Waals surface area contributed by atoms with Crippen LogP contribution in [0.2, 0.25) is 0 Å². The molecule has 0 saturated carbocycles. The molecule has 4 nitrogen and oxygen atoms in total. The minimum absolute atomic E-state index is 0.198. The van der Waals surface area contributed by atoms with E-state index >= 15 is 0 Å². The van der Waals surface area contributed by atoms with Gasteiger partial charge in [0.05, 0.1) is 19.8 Å². The van der Waals surface area contributed by atoms with E-state index in [0.29, 0.717) is 19.8 Å². The Kier molecular flexibility index (Phi) is 3.49. The van der Waals surface area contributed by atoms with E-state index in [9.17, 15) is 4.79 Å². The lowest BCUT2D eigenvalue weighted by Crippen LogP contribution is -2.44. The molecule has 1 amide bonds. The lowest BCUT2D eigenvalue weighted by molar-refractivity contribution is -0.135. The van der Waals surface area contributed by atoms with E-state index in [1.54, 1.807) is 0 Å². The van der Waals surface area contributed by atoms with Gasteiger partial charge in [0.2, 0.25) is 5.91 Å². The Morgan fingerprint density at radius 1 is 1.42 bits per heavy atom. The molecule has 1 aliphatic rings. The molecule has 1 rings (SSSR count). The molecule has 1 saturated heterocycles. The third-order valence-electron chi connectivity index (χ3n) is 1.82. The van der Waals surface area contributed by atoms with E-state index in [-0.39, 0.29) is 5.91 Å². The highest BCUT2D eigenvalue weighted by atomic mass is 16.5. The highest BCUT2D eigenvalue weighted by Gasteiger charge is 2.16. The van der Waals surface area contributed by atoms with Crippen LogP contribution in [0.25, 0.3) is 0 Å². The van der Waals surface area contributed by atoms with Gasteiger partial charge in [-0.1, -0.05) is 0 Å². The van der Waals surface area contributed by atoms with E-state index in [4.69, 9.17) is 4.74 Å². The molecule has 0 unspecified atom stereocenters. The molecule has 1 heterocycles. The molecule has 0 aliphatic carbocycles. The molecule has 4 heteroatoms. The van der Waals surface area contributed by atoms with Crippen LogP contribution in [0, 0.1) is 0 Å². The van der Waals surface area contributed by atoms with Gasteiger partial charge < -0.3 is 14.5 Å². The van der Waals surface area contributed by atoms with Crippen LogP contribution in [-0.2, 0) is 9.53 Å². The molecule has 0 aromatic carbocycles. The third kappa shape index (κ3) is 2.79. The van der Waals surface area contributed by atoms with Gasteiger partial charge in [-0.15, -0.1) is 0 Å². The first kappa shape index (κ1) is 9.48. The van der Waals surface area contributed by atoms with E-state index in [1.807, 2.05) is 23.9 Å². The van der Waals surface area contributed by atoms with Crippen LogP contribution < -0.4 is 0 Å². The van der Waals surface area contributed by atoms with Crippen LogP contribution in [0.5, 0.6) is 0 Å². The summed E-state index contributed by atoms with van der Waals surface area (Å²) in [6, 6.07) is 0. The van der Waals surface area contributed by atoms with Crippen LogP contribution in [-0.4, -0.2) is 62.7 Å². The number of hydrogen-bond donors (Lipinski definition) is 0. The Bertz CT molecular complexity index is 153. The highest BCUT2D eigenvalue weighted by molar-refractivity contribution is 5.78. The summed E-state index contributed by atoms with van der Waals surface area (Å²) in [6.07, 6.45) is 0. The molecule has 0 atom stereocenters. The number of rotatable bonds is 2. The fraction of sp³-hybridized carbons (Fsp3) is 0.875. The van der Waals surface area contributed by atoms with Gasteiger partial charge in [0.1, 0.15) is 0 Å². The summed E-state index contributed by atoms with van der Waals surface area (Å²) in [5, 5.41) is 0. The monoisotopic (exact) mass is 172 g/mol. The van der Waals surface area contributed by atoms with Crippen LogP contribution in [0.1, 0.15) is 0 Å². The molecule has 0 N–H and O–H groups in total. The minimum atomic E-state index is 0.198. The standard InChI is InChI=1S/C8H16N2O2/c1-9(2)7-8(11)10-3-5-12-6-4-10/h3-7H2,1-2H3. The van der Waals surface area contributed by atoms with Gasteiger partial charge in [-0.25, -0.2) is 0 Å². The van der Waals surface area contributed by atoms with Crippen molar-refractivity contribution in [2.75, 3.05) is 46.9 Å². The van der Waals surface area contributed by atoms with Crippen molar-refractivity contribution in [2.45, 2.75) is 0 Å². The molecule has 70 valence electrons. The number of amides is 1. The van der Waals surface area contributed by atoms with Crippen molar-refractivity contribution in [2.24, 2.45) is 0 Å². The van der Waals surface area contributed by atoms with E-state index < -0.39 is 0 Å². The number of carbonyl (C=O) groups is 1. The second-order valence-corrected chi connectivity index (χ2v) is 3.23. The Hall–Kier alpha value is -0.610. The van der Waals surface area contributed by atoms with Crippen LogP contribution in [0.15, 0.2) is 0 Å². The van der Waals surface area contributed by atoms with Crippen LogP contribution >= 0.6 is 0 Å². The largest absolute Gasteiger partial charge is 0.378 e. The van der Waals surface area contributed by atoms with Crippen molar-refractivity contribution in [1.82, 2.24) is 9.80 Å². The molecule has 0 aromatic rings. The number of hydrogen-bond acceptors (Lipinski definition) is 3. The smallest absolute Gasteiger partial charge is 0.236 e. The van der Waals surface area contributed by atoms with Crippen molar-refractivity contribution in [1.29, 1.82) is 0 Å². The number of likely N-dealkylation sites (N-methyl/N-ethyl adjacent to an activating group) is 1. The molecule has 0 aromatic heterocycles. The van der Waals surface area contributed by atoms with Gasteiger partial charge in [0.15, 0.2) is 0 Å². The van der Waals surface area contributed by atoms with Crippen molar-refractivity contribution >= 4 is 5.91 Å². The summed E-state index contributed by atoms with van der Waals surface area (Å²) < 4.78 is 5.15. The summed E-state index contributed by atoms with van der Waals surface area (Å²) in [4.78, 5) is 15.2. The average Bonchev–Trinajstić information content (AvgIpc) is 2.05. The summed E-state index contributed by atoms with van der Waals surface area (Å²) in [6.45, 7) is 3.34. The first-order valence-corrected chi connectivity index (χ1v) is 4.20. The van der Waals surface area contributed by atoms with Gasteiger partial charge in [-0.3, -0.25) is 4.79 Å². The lowest BCUT2D eigenvalue weighted by atomic mass is 10.4. The maximum absolute atomic E-state index is 11.4. The zero-order chi connectivity index (χ0) is 8.97. The first-order chi connectivity index (χ1) is 5.70. The van der Waals surface area contributed by atoms with Crippen molar-refractivity contribution in [3.63, 3.8) is 0 Å². The molecule has 0 spiro atoms. The lowest BCUT2D eigenvalue weighted by Gasteiger charge is -2.27. The summed E-state index contributed by atoms with van der Waals surface area (Å²) >= 11 is 0. The Labute approximate surface area is 73.1 Å². The van der Waals surface area contributed by atoms with Gasteiger partial charge in [-0.2, -0.15) is 0 Å². The van der Waals surface area contributed by atoms with E-state index in [2.05, 4.69) is 0 Å². The van der Waals surface area contributed by atoms with Crippen LogP contribution in [0.3, 0.4) is 0 Å². The first-order valence-electron chi connectivity index (χ1n) is 4.20. The maximum atomic E-state index is 11.4. The van der Waals surface area contributed by atoms with Gasteiger partial charge in [0, 0.05) is 13.1 Å². The topological polar surface area (TPSA) is 32.8 Å². The molecular formula is C8H16N2O2. The fourth-order valence-corrected chi connectivity index (χ4v) is 1.18. The summed E-state index contributed by atoms with van der Waals surface area (Å²) in [5.41, 5.74) is 0. The van der Waals surface area contributed by atoms with E-state index in [1.165, 1.54) is 0 Å². The Morgan fingerprint density at radius 3 is 2.50 bits per heavy atom. The van der Waals surface area contributed by atoms with Gasteiger partial charge in [0.25, 0.3) is 0 Å². The zero-order valence-corrected chi connectivity index (χ0v) is 7.75. The summed E-state index contributed by atoms with van der Waals surface area (Å²) in [5.74, 6) is 0.198. The van der Waals surface area contributed by atoms with Gasteiger partial charge in [-0.05, 0) is 14.1 Å². The second-order valence-electron chi connectivity index (χ2n) is 3.23. The number of ether oxygens (including phenoxy) is 1.